The molecule has 8 heteroatoms. The van der Waals surface area contributed by atoms with Gasteiger partial charge in [0.15, 0.2) is 0 Å². The molecule has 0 radical (unpaired) electrons. The van der Waals surface area contributed by atoms with Crippen LogP contribution in [0.4, 0.5) is 17.1 Å². The number of nitro groups is 2. The van der Waals surface area contributed by atoms with E-state index in [1.54, 1.807) is 6.92 Å². The minimum Gasteiger partial charge on any atom is -0.272 e. The van der Waals surface area contributed by atoms with Gasteiger partial charge in [-0.25, -0.2) is 0 Å². The summed E-state index contributed by atoms with van der Waals surface area (Å²) in [5.41, 5.74) is 3.87. The second kappa shape index (κ2) is 9.07. The van der Waals surface area contributed by atoms with E-state index in [0.717, 1.165) is 23.8 Å². The third kappa shape index (κ3) is 5.52. The summed E-state index contributed by atoms with van der Waals surface area (Å²) >= 11 is 0. The van der Waals surface area contributed by atoms with Gasteiger partial charge in [-0.3, -0.25) is 25.7 Å². The summed E-state index contributed by atoms with van der Waals surface area (Å²) in [7, 11) is 0. The number of nitrogens with zero attached hydrogens (tertiary/aromatic N) is 3. The molecule has 2 aromatic rings. The Morgan fingerprint density at radius 1 is 1.12 bits per heavy atom. The molecule has 0 saturated heterocycles. The van der Waals surface area contributed by atoms with Crippen molar-refractivity contribution < 1.29 is 9.85 Å². The number of benzene rings is 2. The van der Waals surface area contributed by atoms with Gasteiger partial charge in [-0.05, 0) is 31.4 Å². The standard InChI is InChI=1S/C18H18N4O4/c1-14(7-5-6-10-15-8-3-2-4-9-15)19-20-17-12-11-16(21(23)24)13-18(17)22(25)26/h2-4,6,8-13,20H,5,7H2,1H3/b10-6-,19-14+. The normalized spacial score (nSPS) is 11.5. The Balaban J connectivity index is 1.96. The van der Waals surface area contributed by atoms with E-state index in [0.29, 0.717) is 6.42 Å². The highest BCUT2D eigenvalue weighted by molar-refractivity contribution is 5.83. The van der Waals surface area contributed by atoms with Gasteiger partial charge < -0.3 is 0 Å². The number of anilines is 1. The van der Waals surface area contributed by atoms with E-state index in [4.69, 9.17) is 0 Å². The summed E-state index contributed by atoms with van der Waals surface area (Å²) in [5.74, 6) is 0. The molecule has 0 atom stereocenters. The van der Waals surface area contributed by atoms with Gasteiger partial charge in [-0.2, -0.15) is 5.10 Å². The lowest BCUT2D eigenvalue weighted by Gasteiger charge is -2.04. The highest BCUT2D eigenvalue weighted by Crippen LogP contribution is 2.28. The van der Waals surface area contributed by atoms with Crippen molar-refractivity contribution in [3.63, 3.8) is 0 Å². The number of hydrogen-bond donors (Lipinski definition) is 1. The summed E-state index contributed by atoms with van der Waals surface area (Å²) in [6, 6.07) is 13.3. The van der Waals surface area contributed by atoms with Gasteiger partial charge in [-0.15, -0.1) is 0 Å². The van der Waals surface area contributed by atoms with Gasteiger partial charge in [0.05, 0.1) is 15.9 Å². The third-order valence-electron chi connectivity index (χ3n) is 3.54. The summed E-state index contributed by atoms with van der Waals surface area (Å²) in [5, 5.41) is 25.9. The van der Waals surface area contributed by atoms with Crippen molar-refractivity contribution in [2.24, 2.45) is 5.10 Å². The van der Waals surface area contributed by atoms with Crippen molar-refractivity contribution in [2.45, 2.75) is 19.8 Å². The monoisotopic (exact) mass is 354 g/mol. The van der Waals surface area contributed by atoms with Crippen LogP contribution in [0.2, 0.25) is 0 Å². The van der Waals surface area contributed by atoms with Gasteiger partial charge >= 0.3 is 5.69 Å². The molecule has 8 nitrogen and oxygen atoms in total. The van der Waals surface area contributed by atoms with E-state index < -0.39 is 9.85 Å². The molecule has 0 aliphatic carbocycles. The Morgan fingerprint density at radius 3 is 2.50 bits per heavy atom. The number of hydrazone groups is 1. The molecule has 0 saturated carbocycles. The highest BCUT2D eigenvalue weighted by Gasteiger charge is 2.19. The minimum atomic E-state index is -0.678. The number of nitrogens with one attached hydrogen (secondary N) is 1. The topological polar surface area (TPSA) is 111 Å². The summed E-state index contributed by atoms with van der Waals surface area (Å²) < 4.78 is 0. The second-order valence-electron chi connectivity index (χ2n) is 5.53. The average molecular weight is 354 g/mol. The fraction of sp³-hybridized carbons (Fsp3) is 0.167. The number of rotatable bonds is 8. The first-order valence-corrected chi connectivity index (χ1v) is 7.91. The smallest absolute Gasteiger partial charge is 0.272 e. The maximum Gasteiger partial charge on any atom is 0.301 e. The Bertz CT molecular complexity index is 848. The van der Waals surface area contributed by atoms with Crippen molar-refractivity contribution in [3.8, 4) is 0 Å². The molecule has 0 spiro atoms. The third-order valence-corrected chi connectivity index (χ3v) is 3.54. The Hall–Kier alpha value is -3.55. The quantitative estimate of drug-likeness (QED) is 0.416. The number of non-ortho nitro benzene ring substituents is 1. The molecular formula is C18H18N4O4. The molecule has 0 aromatic heterocycles. The summed E-state index contributed by atoms with van der Waals surface area (Å²) in [6.07, 6.45) is 5.50. The lowest BCUT2D eigenvalue weighted by Crippen LogP contribution is -2.01. The number of hydrogen-bond acceptors (Lipinski definition) is 6. The van der Waals surface area contributed by atoms with E-state index in [2.05, 4.69) is 10.5 Å². The molecule has 0 bridgehead atoms. The zero-order valence-electron chi connectivity index (χ0n) is 14.2. The van der Waals surface area contributed by atoms with Crippen molar-refractivity contribution in [1.82, 2.24) is 0 Å². The molecule has 0 heterocycles. The Labute approximate surface area is 150 Å². The summed E-state index contributed by atoms with van der Waals surface area (Å²) in [6.45, 7) is 1.81. The van der Waals surface area contributed by atoms with Crippen LogP contribution in [0.3, 0.4) is 0 Å². The van der Waals surface area contributed by atoms with Crippen LogP contribution in [0.1, 0.15) is 25.3 Å². The van der Waals surface area contributed by atoms with E-state index in [1.165, 1.54) is 12.1 Å². The van der Waals surface area contributed by atoms with Crippen molar-refractivity contribution in [1.29, 1.82) is 0 Å². The van der Waals surface area contributed by atoms with E-state index in [9.17, 15) is 20.2 Å². The summed E-state index contributed by atoms with van der Waals surface area (Å²) in [4.78, 5) is 20.4. The van der Waals surface area contributed by atoms with Crippen LogP contribution >= 0.6 is 0 Å². The van der Waals surface area contributed by atoms with Crippen LogP contribution in [-0.4, -0.2) is 15.6 Å². The highest BCUT2D eigenvalue weighted by atomic mass is 16.6. The molecule has 0 fully saturated rings. The van der Waals surface area contributed by atoms with Crippen LogP contribution in [0, 0.1) is 20.2 Å². The largest absolute Gasteiger partial charge is 0.301 e. The lowest BCUT2D eigenvalue weighted by molar-refractivity contribution is -0.393. The first-order valence-electron chi connectivity index (χ1n) is 7.91. The van der Waals surface area contributed by atoms with E-state index >= 15 is 0 Å². The minimum absolute atomic E-state index is 0.111. The van der Waals surface area contributed by atoms with Crippen molar-refractivity contribution in [2.75, 3.05) is 5.43 Å². The van der Waals surface area contributed by atoms with Gasteiger partial charge in [-0.1, -0.05) is 42.5 Å². The maximum atomic E-state index is 11.1. The molecule has 2 aromatic carbocycles. The van der Waals surface area contributed by atoms with Crippen molar-refractivity contribution in [3.05, 3.63) is 80.4 Å². The molecule has 0 amide bonds. The van der Waals surface area contributed by atoms with Crippen LogP contribution in [0.5, 0.6) is 0 Å². The maximum absolute atomic E-state index is 11.1. The van der Waals surface area contributed by atoms with Gasteiger partial charge in [0.2, 0.25) is 0 Å². The van der Waals surface area contributed by atoms with E-state index in [1.807, 2.05) is 42.5 Å². The average Bonchev–Trinajstić information content (AvgIpc) is 2.64. The van der Waals surface area contributed by atoms with E-state index in [-0.39, 0.29) is 17.1 Å². The Morgan fingerprint density at radius 2 is 1.85 bits per heavy atom. The predicted molar refractivity (Wildman–Crippen MR) is 101 cm³/mol. The van der Waals surface area contributed by atoms with Gasteiger partial charge in [0.25, 0.3) is 5.69 Å². The first-order chi connectivity index (χ1) is 12.5. The fourth-order valence-corrected chi connectivity index (χ4v) is 2.17. The molecule has 0 unspecified atom stereocenters. The molecule has 0 aliphatic heterocycles. The van der Waals surface area contributed by atoms with Crippen LogP contribution in [0.25, 0.3) is 6.08 Å². The van der Waals surface area contributed by atoms with Crippen LogP contribution < -0.4 is 5.43 Å². The van der Waals surface area contributed by atoms with Crippen LogP contribution in [0.15, 0.2) is 59.7 Å². The first kappa shape index (κ1) is 18.8. The molecule has 134 valence electrons. The van der Waals surface area contributed by atoms with Gasteiger partial charge in [0, 0.05) is 11.8 Å². The molecule has 0 aliphatic rings. The van der Waals surface area contributed by atoms with Gasteiger partial charge in [0.1, 0.15) is 5.69 Å². The van der Waals surface area contributed by atoms with Crippen LogP contribution in [-0.2, 0) is 0 Å². The molecular weight excluding hydrogens is 336 g/mol. The molecule has 2 rings (SSSR count). The predicted octanol–water partition coefficient (Wildman–Crippen LogP) is 4.78. The SMILES string of the molecule is C/C(CC/C=C\c1ccccc1)=N\Nc1ccc([N+](=O)[O-])cc1[N+](=O)[O-]. The molecule has 26 heavy (non-hydrogen) atoms. The molecule has 1 N–H and O–H groups in total. The number of allylic oxidation sites excluding steroid dienone is 1. The lowest BCUT2D eigenvalue weighted by atomic mass is 10.1. The zero-order valence-corrected chi connectivity index (χ0v) is 14.2. The van der Waals surface area contributed by atoms with Crippen molar-refractivity contribution >= 4 is 28.8 Å². The Kier molecular flexibility index (Phi) is 6.55. The fourth-order valence-electron chi connectivity index (χ4n) is 2.17. The number of nitro benzene ring substituents is 2. The second-order valence-corrected chi connectivity index (χ2v) is 5.53. The zero-order chi connectivity index (χ0) is 18.9.